The summed E-state index contributed by atoms with van der Waals surface area (Å²) in [4.78, 5) is 26.9. The maximum atomic E-state index is 14.7. The molecule has 0 bridgehead atoms. The molecule has 1 saturated heterocycles. The number of ether oxygens (including phenoxy) is 1. The lowest BCUT2D eigenvalue weighted by atomic mass is 10.1. The van der Waals surface area contributed by atoms with Crippen LogP contribution in [0.1, 0.15) is 15.9 Å². The van der Waals surface area contributed by atoms with Gasteiger partial charge >= 0.3 is 6.09 Å². The Morgan fingerprint density at radius 3 is 2.47 bits per heavy atom. The predicted molar refractivity (Wildman–Crippen MR) is 131 cm³/mol. The quantitative estimate of drug-likeness (QED) is 0.466. The number of nitrogens with one attached hydrogen (secondary N) is 3. The Bertz CT molecular complexity index is 1170. The Morgan fingerprint density at radius 2 is 1.74 bits per heavy atom. The standard InChI is InChI=1S/C25H24ClFN4O3/c26-19-12-18(13-21(14-19)30-25(33)34-16-17-4-2-1-3-5-17)24(32)29-20-6-7-23(22(27)15-20)31-10-8-28-9-11-31/h1-7,12-15,28H,8-11,16H2,(H,29,32)(H,30,33). The number of hydrogen-bond donors (Lipinski definition) is 3. The molecule has 0 aliphatic carbocycles. The summed E-state index contributed by atoms with van der Waals surface area (Å²) in [7, 11) is 0. The van der Waals surface area contributed by atoms with Crippen LogP contribution in [0.2, 0.25) is 5.02 Å². The fraction of sp³-hybridized carbons (Fsp3) is 0.200. The molecule has 1 aliphatic rings. The summed E-state index contributed by atoms with van der Waals surface area (Å²) in [6.07, 6.45) is -0.678. The summed E-state index contributed by atoms with van der Waals surface area (Å²) >= 11 is 6.14. The second kappa shape index (κ2) is 11.0. The molecule has 9 heteroatoms. The average molecular weight is 483 g/mol. The molecule has 3 aromatic carbocycles. The van der Waals surface area contributed by atoms with Crippen LogP contribution in [0.25, 0.3) is 0 Å². The third kappa shape index (κ3) is 6.24. The van der Waals surface area contributed by atoms with E-state index < -0.39 is 17.8 Å². The monoisotopic (exact) mass is 482 g/mol. The van der Waals surface area contributed by atoms with Crippen molar-refractivity contribution in [2.75, 3.05) is 41.7 Å². The molecule has 1 aliphatic heterocycles. The SMILES string of the molecule is O=C(Nc1cc(Cl)cc(C(=O)Nc2ccc(N3CCNCC3)c(F)c2)c1)OCc1ccccc1. The Kier molecular flexibility index (Phi) is 7.61. The molecule has 4 rings (SSSR count). The maximum Gasteiger partial charge on any atom is 0.411 e. The average Bonchev–Trinajstić information content (AvgIpc) is 2.84. The fourth-order valence-corrected chi connectivity index (χ4v) is 3.86. The van der Waals surface area contributed by atoms with Gasteiger partial charge in [-0.1, -0.05) is 41.9 Å². The first-order valence-corrected chi connectivity index (χ1v) is 11.2. The number of piperazine rings is 1. The molecule has 1 fully saturated rings. The number of benzene rings is 3. The van der Waals surface area contributed by atoms with Crippen molar-refractivity contribution in [3.05, 3.63) is 88.7 Å². The Hall–Kier alpha value is -3.62. The highest BCUT2D eigenvalue weighted by Gasteiger charge is 2.16. The van der Waals surface area contributed by atoms with E-state index in [0.717, 1.165) is 18.7 Å². The topological polar surface area (TPSA) is 82.7 Å². The highest BCUT2D eigenvalue weighted by Crippen LogP contribution is 2.25. The summed E-state index contributed by atoms with van der Waals surface area (Å²) in [5.74, 6) is -0.896. The maximum absolute atomic E-state index is 14.7. The van der Waals surface area contributed by atoms with Gasteiger partial charge in [0.05, 0.1) is 5.69 Å². The van der Waals surface area contributed by atoms with Crippen molar-refractivity contribution < 1.29 is 18.7 Å². The van der Waals surface area contributed by atoms with E-state index in [1.165, 1.54) is 24.3 Å². The Morgan fingerprint density at radius 1 is 0.971 bits per heavy atom. The largest absolute Gasteiger partial charge is 0.444 e. The van der Waals surface area contributed by atoms with Crippen molar-refractivity contribution in [3.63, 3.8) is 0 Å². The highest BCUT2D eigenvalue weighted by molar-refractivity contribution is 6.31. The van der Waals surface area contributed by atoms with E-state index in [9.17, 15) is 14.0 Å². The molecule has 2 amide bonds. The summed E-state index contributed by atoms with van der Waals surface area (Å²) in [5.41, 5.74) is 2.17. The lowest BCUT2D eigenvalue weighted by Crippen LogP contribution is -2.43. The third-order valence-corrected chi connectivity index (χ3v) is 5.50. The van der Waals surface area contributed by atoms with Gasteiger partial charge in [-0.25, -0.2) is 9.18 Å². The number of hydrogen-bond acceptors (Lipinski definition) is 5. The van der Waals surface area contributed by atoms with Crippen molar-refractivity contribution in [2.45, 2.75) is 6.61 Å². The number of halogens is 2. The van der Waals surface area contributed by atoms with Crippen LogP contribution in [-0.2, 0) is 11.3 Å². The van der Waals surface area contributed by atoms with Gasteiger partial charge in [-0.2, -0.15) is 0 Å². The predicted octanol–water partition coefficient (Wildman–Crippen LogP) is 4.89. The van der Waals surface area contributed by atoms with Gasteiger partial charge in [-0.3, -0.25) is 10.1 Å². The number of carbonyl (C=O) groups excluding carboxylic acids is 2. The summed E-state index contributed by atoms with van der Waals surface area (Å²) in [6, 6.07) is 18.3. The van der Waals surface area contributed by atoms with Gasteiger partial charge in [-0.05, 0) is 42.0 Å². The minimum Gasteiger partial charge on any atom is -0.444 e. The first-order valence-electron chi connectivity index (χ1n) is 10.8. The molecule has 0 atom stereocenters. The lowest BCUT2D eigenvalue weighted by Gasteiger charge is -2.29. The number of rotatable bonds is 6. The van der Waals surface area contributed by atoms with E-state index in [1.54, 1.807) is 12.1 Å². The lowest BCUT2D eigenvalue weighted by molar-refractivity contribution is 0.102. The van der Waals surface area contributed by atoms with Crippen LogP contribution >= 0.6 is 11.6 Å². The minimum absolute atomic E-state index is 0.107. The fourth-order valence-electron chi connectivity index (χ4n) is 3.62. The molecule has 0 radical (unpaired) electrons. The van der Waals surface area contributed by atoms with E-state index in [2.05, 4.69) is 16.0 Å². The van der Waals surface area contributed by atoms with Crippen molar-refractivity contribution in [1.82, 2.24) is 5.32 Å². The molecule has 34 heavy (non-hydrogen) atoms. The molecule has 0 aromatic heterocycles. The Balaban J connectivity index is 1.39. The molecular formula is C25H24ClFN4O3. The van der Waals surface area contributed by atoms with Crippen molar-refractivity contribution in [2.24, 2.45) is 0 Å². The first kappa shape index (κ1) is 23.5. The van der Waals surface area contributed by atoms with Crippen LogP contribution < -0.4 is 20.9 Å². The van der Waals surface area contributed by atoms with Gasteiger partial charge in [-0.15, -0.1) is 0 Å². The van der Waals surface area contributed by atoms with E-state index in [-0.39, 0.29) is 17.2 Å². The van der Waals surface area contributed by atoms with Crippen LogP contribution in [0, 0.1) is 5.82 Å². The summed E-state index contributed by atoms with van der Waals surface area (Å²) < 4.78 is 19.9. The smallest absolute Gasteiger partial charge is 0.411 e. The Labute approximate surface area is 201 Å². The van der Waals surface area contributed by atoms with E-state index in [1.807, 2.05) is 35.2 Å². The molecule has 7 nitrogen and oxygen atoms in total. The van der Waals surface area contributed by atoms with Crippen LogP contribution in [0.4, 0.5) is 26.2 Å². The van der Waals surface area contributed by atoms with E-state index in [4.69, 9.17) is 16.3 Å². The van der Waals surface area contributed by atoms with Gasteiger partial charge in [0.1, 0.15) is 12.4 Å². The second-order valence-corrected chi connectivity index (χ2v) is 8.21. The van der Waals surface area contributed by atoms with Crippen LogP contribution in [0.3, 0.4) is 0 Å². The van der Waals surface area contributed by atoms with Crippen LogP contribution in [-0.4, -0.2) is 38.2 Å². The first-order chi connectivity index (χ1) is 16.5. The normalized spacial score (nSPS) is 13.3. The minimum atomic E-state index is -0.678. The number of nitrogens with zero attached hydrogens (tertiary/aromatic N) is 1. The molecule has 176 valence electrons. The van der Waals surface area contributed by atoms with Gasteiger partial charge in [0, 0.05) is 48.1 Å². The molecule has 3 N–H and O–H groups in total. The molecular weight excluding hydrogens is 459 g/mol. The van der Waals surface area contributed by atoms with Crippen LogP contribution in [0.15, 0.2) is 66.7 Å². The summed E-state index contributed by atoms with van der Waals surface area (Å²) in [5, 5.41) is 8.72. The number of carbonyl (C=O) groups is 2. The molecule has 3 aromatic rings. The summed E-state index contributed by atoms with van der Waals surface area (Å²) in [6.45, 7) is 3.13. The highest BCUT2D eigenvalue weighted by atomic mass is 35.5. The number of anilines is 3. The van der Waals surface area contributed by atoms with Crippen LogP contribution in [0.5, 0.6) is 0 Å². The van der Waals surface area contributed by atoms with Gasteiger partial charge < -0.3 is 20.3 Å². The van der Waals surface area contributed by atoms with Crippen molar-refractivity contribution in [1.29, 1.82) is 0 Å². The van der Waals surface area contributed by atoms with Gasteiger partial charge in [0.15, 0.2) is 0 Å². The third-order valence-electron chi connectivity index (χ3n) is 5.28. The van der Waals surface area contributed by atoms with Gasteiger partial charge in [0.2, 0.25) is 0 Å². The zero-order valence-electron chi connectivity index (χ0n) is 18.3. The van der Waals surface area contributed by atoms with Crippen molar-refractivity contribution in [3.8, 4) is 0 Å². The number of amides is 2. The molecule has 0 unspecified atom stereocenters. The van der Waals surface area contributed by atoms with Gasteiger partial charge in [0.25, 0.3) is 5.91 Å². The van der Waals surface area contributed by atoms with E-state index in [0.29, 0.717) is 30.2 Å². The molecule has 0 saturated carbocycles. The zero-order chi connectivity index (χ0) is 23.9. The second-order valence-electron chi connectivity index (χ2n) is 7.77. The zero-order valence-corrected chi connectivity index (χ0v) is 19.1. The van der Waals surface area contributed by atoms with E-state index >= 15 is 0 Å². The molecule has 0 spiro atoms. The molecule has 1 heterocycles. The van der Waals surface area contributed by atoms with Crippen molar-refractivity contribution >= 4 is 40.7 Å².